The van der Waals surface area contributed by atoms with Crippen LogP contribution in [0.1, 0.15) is 47.6 Å². The quantitative estimate of drug-likeness (QED) is 0.594. The molecule has 4 rings (SSSR count). The Hall–Kier alpha value is -3.05. The van der Waals surface area contributed by atoms with Gasteiger partial charge < -0.3 is 14.4 Å². The summed E-state index contributed by atoms with van der Waals surface area (Å²) in [7, 11) is -3.72. The average Bonchev–Trinajstić information content (AvgIpc) is 3.37. The van der Waals surface area contributed by atoms with Crippen molar-refractivity contribution in [1.29, 1.82) is 0 Å². The van der Waals surface area contributed by atoms with E-state index in [1.807, 2.05) is 30.3 Å². The smallest absolute Gasteiger partial charge is 0.253 e. The van der Waals surface area contributed by atoms with E-state index in [4.69, 9.17) is 9.05 Å². The van der Waals surface area contributed by atoms with Crippen molar-refractivity contribution in [2.75, 3.05) is 13.1 Å². The second-order valence-electron chi connectivity index (χ2n) is 7.86. The van der Waals surface area contributed by atoms with Crippen molar-refractivity contribution in [2.45, 2.75) is 44.6 Å². The molecule has 1 aliphatic rings. The van der Waals surface area contributed by atoms with E-state index in [1.54, 1.807) is 20.8 Å². The fraction of sp³-hybridized carbons (Fsp3) is 0.429. The van der Waals surface area contributed by atoms with Crippen molar-refractivity contribution in [3.05, 3.63) is 59.1 Å². The Kier molecular flexibility index (Phi) is 6.11. The Balaban J connectivity index is 1.46. The highest BCUT2D eigenvalue weighted by atomic mass is 32.2. The van der Waals surface area contributed by atoms with Gasteiger partial charge in [-0.15, -0.1) is 0 Å². The molecule has 1 aliphatic heterocycles. The molecule has 0 radical (unpaired) electrons. The van der Waals surface area contributed by atoms with Crippen LogP contribution in [0.2, 0.25) is 0 Å². The van der Waals surface area contributed by atoms with Crippen LogP contribution in [-0.2, 0) is 14.8 Å². The molecule has 1 aromatic carbocycles. The normalized spacial score (nSPS) is 16.7. The first kappa shape index (κ1) is 22.2. The molecule has 1 atom stereocenters. The number of amides is 1. The number of carbonyl (C=O) groups is 1. The number of sulfonamides is 1. The summed E-state index contributed by atoms with van der Waals surface area (Å²) in [5, 5.41) is 10.6. The van der Waals surface area contributed by atoms with Crippen molar-refractivity contribution in [2.24, 2.45) is 5.92 Å². The summed E-state index contributed by atoms with van der Waals surface area (Å²) in [4.78, 5) is 17.4. The number of carbonyl (C=O) groups excluding carboxylic acids is 1. The lowest BCUT2D eigenvalue weighted by atomic mass is 9.96. The first-order valence-electron chi connectivity index (χ1n) is 10.4. The van der Waals surface area contributed by atoms with Gasteiger partial charge in [0.15, 0.2) is 11.6 Å². The maximum absolute atomic E-state index is 13.1. The molecule has 2 aromatic heterocycles. The van der Waals surface area contributed by atoms with Gasteiger partial charge in [-0.3, -0.25) is 4.79 Å². The molecule has 170 valence electrons. The van der Waals surface area contributed by atoms with Gasteiger partial charge in [-0.05, 0) is 39.2 Å². The molecule has 0 aliphatic carbocycles. The molecule has 1 N–H and O–H groups in total. The molecule has 0 saturated carbocycles. The largest absolute Gasteiger partial charge is 0.360 e. The summed E-state index contributed by atoms with van der Waals surface area (Å²) in [6, 6.07) is 8.81. The van der Waals surface area contributed by atoms with Crippen molar-refractivity contribution < 1.29 is 22.3 Å². The zero-order chi connectivity index (χ0) is 22.9. The number of hydrogen-bond donors (Lipinski definition) is 1. The van der Waals surface area contributed by atoms with Gasteiger partial charge >= 0.3 is 0 Å². The van der Waals surface area contributed by atoms with E-state index in [9.17, 15) is 13.2 Å². The fourth-order valence-corrected chi connectivity index (χ4v) is 5.71. The summed E-state index contributed by atoms with van der Waals surface area (Å²) >= 11 is 0. The Morgan fingerprint density at radius 2 is 1.78 bits per heavy atom. The van der Waals surface area contributed by atoms with Crippen LogP contribution >= 0.6 is 0 Å². The zero-order valence-corrected chi connectivity index (χ0v) is 18.9. The average molecular weight is 460 g/mol. The van der Waals surface area contributed by atoms with Gasteiger partial charge in [-0.2, -0.15) is 9.29 Å². The van der Waals surface area contributed by atoms with Gasteiger partial charge in [0, 0.05) is 19.0 Å². The highest BCUT2D eigenvalue weighted by Gasteiger charge is 2.36. The molecule has 32 heavy (non-hydrogen) atoms. The number of aromatic nitrogens is 3. The second-order valence-corrected chi connectivity index (χ2v) is 9.74. The number of hydrogen-bond acceptors (Lipinski definition) is 8. The summed E-state index contributed by atoms with van der Waals surface area (Å²) in [6.45, 7) is 5.37. The number of nitrogens with one attached hydrogen (secondary N) is 1. The van der Waals surface area contributed by atoms with Crippen molar-refractivity contribution in [3.8, 4) is 0 Å². The zero-order valence-electron chi connectivity index (χ0n) is 18.1. The predicted molar refractivity (Wildman–Crippen MR) is 113 cm³/mol. The standard InChI is InChI=1S/C21H25N5O5S/c1-13-19(14(2)30-24-13)32(28,29)26-11-9-17(10-12-26)20(27)23-18(16-7-5-4-6-8-16)21-22-15(3)25-31-21/h4-8,17-18H,9-12H2,1-3H3,(H,23,27)/t18-/m1/s1. The number of rotatable bonds is 6. The second kappa shape index (κ2) is 8.83. The van der Waals surface area contributed by atoms with Crippen LogP contribution in [0.3, 0.4) is 0 Å². The van der Waals surface area contributed by atoms with Gasteiger partial charge in [-0.1, -0.05) is 40.6 Å². The van der Waals surface area contributed by atoms with Crippen LogP contribution in [0.4, 0.5) is 0 Å². The lowest BCUT2D eigenvalue weighted by Gasteiger charge is -2.31. The van der Waals surface area contributed by atoms with Crippen LogP contribution in [0.15, 0.2) is 44.3 Å². The predicted octanol–water partition coefficient (Wildman–Crippen LogP) is 2.29. The van der Waals surface area contributed by atoms with Gasteiger partial charge in [-0.25, -0.2) is 8.42 Å². The van der Waals surface area contributed by atoms with Crippen molar-refractivity contribution in [1.82, 2.24) is 24.9 Å². The van der Waals surface area contributed by atoms with Crippen molar-refractivity contribution >= 4 is 15.9 Å². The van der Waals surface area contributed by atoms with E-state index < -0.39 is 16.1 Å². The molecule has 3 heterocycles. The lowest BCUT2D eigenvalue weighted by molar-refractivity contribution is -0.126. The molecule has 3 aromatic rings. The third-order valence-electron chi connectivity index (χ3n) is 5.60. The molecule has 0 spiro atoms. The SMILES string of the molecule is Cc1noc([C@H](NC(=O)C2CCN(S(=O)(=O)c3c(C)noc3C)CC2)c2ccccc2)n1. The molecule has 0 bridgehead atoms. The minimum absolute atomic E-state index is 0.108. The first-order valence-corrected chi connectivity index (χ1v) is 11.8. The topological polar surface area (TPSA) is 131 Å². The molecule has 1 fully saturated rings. The number of aryl methyl sites for hydroxylation is 3. The third kappa shape index (κ3) is 4.30. The summed E-state index contributed by atoms with van der Waals surface area (Å²) in [6.07, 6.45) is 0.803. The summed E-state index contributed by atoms with van der Waals surface area (Å²) in [5.41, 5.74) is 1.16. The summed E-state index contributed by atoms with van der Waals surface area (Å²) < 4.78 is 37.8. The maximum atomic E-state index is 13.1. The van der Waals surface area contributed by atoms with Gasteiger partial charge in [0.1, 0.15) is 16.6 Å². The van der Waals surface area contributed by atoms with Crippen LogP contribution in [0, 0.1) is 26.7 Å². The minimum atomic E-state index is -3.72. The third-order valence-corrected chi connectivity index (χ3v) is 7.74. The number of piperidine rings is 1. The van der Waals surface area contributed by atoms with Crippen LogP contribution < -0.4 is 5.32 Å². The van der Waals surface area contributed by atoms with Gasteiger partial charge in [0.05, 0.1) is 0 Å². The fourth-order valence-electron chi connectivity index (χ4n) is 3.95. The molecule has 1 amide bonds. The van der Waals surface area contributed by atoms with E-state index in [2.05, 4.69) is 20.6 Å². The monoisotopic (exact) mass is 459 g/mol. The van der Waals surface area contributed by atoms with Gasteiger partial charge in [0.25, 0.3) is 5.89 Å². The molecule has 1 saturated heterocycles. The Morgan fingerprint density at radius 1 is 1.09 bits per heavy atom. The first-order chi connectivity index (χ1) is 15.3. The molecule has 0 unspecified atom stereocenters. The van der Waals surface area contributed by atoms with Crippen molar-refractivity contribution in [3.63, 3.8) is 0 Å². The van der Waals surface area contributed by atoms with E-state index in [-0.39, 0.29) is 35.6 Å². The van der Waals surface area contributed by atoms with Crippen LogP contribution in [0.25, 0.3) is 0 Å². The highest BCUT2D eigenvalue weighted by Crippen LogP contribution is 2.29. The molecule has 11 heteroatoms. The molecular weight excluding hydrogens is 434 g/mol. The van der Waals surface area contributed by atoms with Crippen LogP contribution in [0.5, 0.6) is 0 Å². The maximum Gasteiger partial charge on any atom is 0.253 e. The Morgan fingerprint density at radius 3 is 2.34 bits per heavy atom. The van der Waals surface area contributed by atoms with E-state index >= 15 is 0 Å². The molecular formula is C21H25N5O5S. The number of benzene rings is 1. The van der Waals surface area contributed by atoms with E-state index in [0.717, 1.165) is 5.56 Å². The Bertz CT molecular complexity index is 1180. The van der Waals surface area contributed by atoms with Gasteiger partial charge in [0.2, 0.25) is 15.9 Å². The minimum Gasteiger partial charge on any atom is -0.360 e. The molecule has 10 nitrogen and oxygen atoms in total. The van der Waals surface area contributed by atoms with E-state index in [1.165, 1.54) is 4.31 Å². The number of nitrogens with zero attached hydrogens (tertiary/aromatic N) is 4. The summed E-state index contributed by atoms with van der Waals surface area (Å²) in [5.74, 6) is 0.543. The Labute approximate surface area is 186 Å². The highest BCUT2D eigenvalue weighted by molar-refractivity contribution is 7.89. The van der Waals surface area contributed by atoms with Crippen LogP contribution in [-0.4, -0.2) is 47.0 Å². The van der Waals surface area contributed by atoms with E-state index in [0.29, 0.717) is 30.3 Å². The lowest BCUT2D eigenvalue weighted by Crippen LogP contribution is -2.44.